The zero-order valence-electron chi connectivity index (χ0n) is 11.5. The van der Waals surface area contributed by atoms with Crippen LogP contribution in [0.2, 0.25) is 0 Å². The number of hydrogen-bond donors (Lipinski definition) is 2. The van der Waals surface area contributed by atoms with Crippen molar-refractivity contribution in [2.75, 3.05) is 18.0 Å². The largest absolute Gasteiger partial charge is 0.433 e. The van der Waals surface area contributed by atoms with Crippen molar-refractivity contribution < 1.29 is 18.0 Å². The SMILES string of the molecule is CC1CN(c2nc(C(F)(F)F)ccc2C(N)=O)CCC1N. The Morgan fingerprint density at radius 1 is 1.43 bits per heavy atom. The average Bonchev–Trinajstić information content (AvgIpc) is 2.40. The lowest BCUT2D eigenvalue weighted by Gasteiger charge is -2.36. The topological polar surface area (TPSA) is 85.2 Å². The summed E-state index contributed by atoms with van der Waals surface area (Å²) in [5, 5.41) is 0. The Bertz CT molecular complexity index is 547. The highest BCUT2D eigenvalue weighted by Crippen LogP contribution is 2.31. The van der Waals surface area contributed by atoms with Gasteiger partial charge in [-0.1, -0.05) is 6.92 Å². The van der Waals surface area contributed by atoms with Gasteiger partial charge in [0.1, 0.15) is 11.5 Å². The Labute approximate surface area is 120 Å². The molecule has 1 aromatic heterocycles. The molecule has 0 aromatic carbocycles. The molecule has 0 spiro atoms. The van der Waals surface area contributed by atoms with E-state index < -0.39 is 17.8 Å². The molecule has 0 radical (unpaired) electrons. The van der Waals surface area contributed by atoms with E-state index in [9.17, 15) is 18.0 Å². The molecule has 8 heteroatoms. The van der Waals surface area contributed by atoms with Gasteiger partial charge in [0.25, 0.3) is 5.91 Å². The van der Waals surface area contributed by atoms with E-state index in [1.54, 1.807) is 4.90 Å². The molecule has 0 saturated carbocycles. The van der Waals surface area contributed by atoms with Gasteiger partial charge >= 0.3 is 6.18 Å². The number of carbonyl (C=O) groups is 1. The number of halogens is 3. The number of piperidine rings is 1. The molecule has 21 heavy (non-hydrogen) atoms. The van der Waals surface area contributed by atoms with Crippen LogP contribution in [0, 0.1) is 5.92 Å². The minimum Gasteiger partial charge on any atom is -0.365 e. The average molecular weight is 302 g/mol. The number of rotatable bonds is 2. The molecule has 1 aliphatic rings. The highest BCUT2D eigenvalue weighted by atomic mass is 19.4. The normalized spacial score (nSPS) is 23.2. The predicted molar refractivity (Wildman–Crippen MR) is 71.7 cm³/mol. The quantitative estimate of drug-likeness (QED) is 0.864. The van der Waals surface area contributed by atoms with Gasteiger partial charge in [0.05, 0.1) is 5.56 Å². The summed E-state index contributed by atoms with van der Waals surface area (Å²) in [6, 6.07) is 1.83. The van der Waals surface area contributed by atoms with Crippen molar-refractivity contribution in [3.05, 3.63) is 23.4 Å². The highest BCUT2D eigenvalue weighted by molar-refractivity contribution is 5.97. The van der Waals surface area contributed by atoms with Crippen LogP contribution in [0.25, 0.3) is 0 Å². The van der Waals surface area contributed by atoms with Gasteiger partial charge < -0.3 is 16.4 Å². The molecule has 5 nitrogen and oxygen atoms in total. The summed E-state index contributed by atoms with van der Waals surface area (Å²) in [7, 11) is 0. The summed E-state index contributed by atoms with van der Waals surface area (Å²) in [4.78, 5) is 16.7. The standard InChI is InChI=1S/C13H17F3N4O/c1-7-6-20(5-4-9(7)17)12-8(11(18)21)2-3-10(19-12)13(14,15)16/h2-3,7,9H,4-6,17H2,1H3,(H2,18,21). The van der Waals surface area contributed by atoms with Crippen LogP contribution in [0.4, 0.5) is 19.0 Å². The number of alkyl halides is 3. The summed E-state index contributed by atoms with van der Waals surface area (Å²) in [5.74, 6) is -0.722. The van der Waals surface area contributed by atoms with Crippen molar-refractivity contribution >= 4 is 11.7 Å². The van der Waals surface area contributed by atoms with Crippen LogP contribution in [-0.4, -0.2) is 30.0 Å². The summed E-state index contributed by atoms with van der Waals surface area (Å²) in [6.07, 6.45) is -3.94. The van der Waals surface area contributed by atoms with Crippen LogP contribution < -0.4 is 16.4 Å². The second kappa shape index (κ2) is 5.51. The van der Waals surface area contributed by atoms with Gasteiger partial charge in [-0.2, -0.15) is 13.2 Å². The summed E-state index contributed by atoms with van der Waals surface area (Å²) in [6.45, 7) is 2.80. The monoisotopic (exact) mass is 302 g/mol. The molecule has 1 aromatic rings. The maximum absolute atomic E-state index is 12.8. The Hall–Kier alpha value is -1.83. The predicted octanol–water partition coefficient (Wildman–Crippen LogP) is 1.37. The van der Waals surface area contributed by atoms with Crippen LogP contribution in [0.5, 0.6) is 0 Å². The zero-order chi connectivity index (χ0) is 15.8. The number of amides is 1. The first kappa shape index (κ1) is 15.6. The second-order valence-corrected chi connectivity index (χ2v) is 5.31. The van der Waals surface area contributed by atoms with Crippen molar-refractivity contribution in [3.8, 4) is 0 Å². The van der Waals surface area contributed by atoms with Gasteiger partial charge in [-0.25, -0.2) is 4.98 Å². The molecule has 1 saturated heterocycles. The van der Waals surface area contributed by atoms with E-state index >= 15 is 0 Å². The third-order valence-corrected chi connectivity index (χ3v) is 3.70. The summed E-state index contributed by atoms with van der Waals surface area (Å²) < 4.78 is 38.4. The van der Waals surface area contributed by atoms with Crippen LogP contribution in [-0.2, 0) is 6.18 Å². The number of pyridine rings is 1. The van der Waals surface area contributed by atoms with Gasteiger partial charge in [0.2, 0.25) is 0 Å². The van der Waals surface area contributed by atoms with Gasteiger partial charge in [-0.15, -0.1) is 0 Å². The fourth-order valence-corrected chi connectivity index (χ4v) is 2.40. The van der Waals surface area contributed by atoms with Gasteiger partial charge in [-0.3, -0.25) is 4.79 Å². The number of nitrogens with two attached hydrogens (primary N) is 2. The van der Waals surface area contributed by atoms with Crippen molar-refractivity contribution in [1.82, 2.24) is 4.98 Å². The lowest BCUT2D eigenvalue weighted by atomic mass is 9.94. The molecule has 2 atom stereocenters. The van der Waals surface area contributed by atoms with Gasteiger partial charge in [0.15, 0.2) is 0 Å². The number of carbonyl (C=O) groups excluding carboxylic acids is 1. The van der Waals surface area contributed by atoms with Crippen molar-refractivity contribution in [2.24, 2.45) is 17.4 Å². The third kappa shape index (κ3) is 3.26. The van der Waals surface area contributed by atoms with Crippen LogP contribution in [0.15, 0.2) is 12.1 Å². The van der Waals surface area contributed by atoms with Crippen LogP contribution >= 0.6 is 0 Å². The minimum absolute atomic E-state index is 0.00864. The smallest absolute Gasteiger partial charge is 0.365 e. The van der Waals surface area contributed by atoms with Gasteiger partial charge in [0, 0.05) is 19.1 Å². The Kier molecular flexibility index (Phi) is 4.08. The van der Waals surface area contributed by atoms with E-state index in [1.807, 2.05) is 6.92 Å². The first-order valence-corrected chi connectivity index (χ1v) is 6.58. The first-order valence-electron chi connectivity index (χ1n) is 6.58. The van der Waals surface area contributed by atoms with Gasteiger partial charge in [-0.05, 0) is 24.5 Å². The van der Waals surface area contributed by atoms with E-state index in [0.29, 0.717) is 19.5 Å². The summed E-state index contributed by atoms with van der Waals surface area (Å²) in [5.41, 5.74) is 10.1. The molecule has 2 unspecified atom stereocenters. The van der Waals surface area contributed by atoms with E-state index in [-0.39, 0.29) is 23.3 Å². The zero-order valence-corrected chi connectivity index (χ0v) is 11.5. The number of hydrogen-bond acceptors (Lipinski definition) is 4. The molecule has 0 bridgehead atoms. The molecule has 1 fully saturated rings. The molecule has 1 amide bonds. The van der Waals surface area contributed by atoms with Crippen molar-refractivity contribution in [1.29, 1.82) is 0 Å². The van der Waals surface area contributed by atoms with Crippen LogP contribution in [0.1, 0.15) is 29.4 Å². The molecule has 116 valence electrons. The maximum Gasteiger partial charge on any atom is 0.433 e. The molecular weight excluding hydrogens is 285 g/mol. The maximum atomic E-state index is 12.8. The number of anilines is 1. The molecule has 2 rings (SSSR count). The Balaban J connectivity index is 2.42. The lowest BCUT2D eigenvalue weighted by molar-refractivity contribution is -0.141. The lowest BCUT2D eigenvalue weighted by Crippen LogP contribution is -2.46. The van der Waals surface area contributed by atoms with Crippen molar-refractivity contribution in [3.63, 3.8) is 0 Å². The molecule has 0 aliphatic carbocycles. The number of aromatic nitrogens is 1. The third-order valence-electron chi connectivity index (χ3n) is 3.70. The van der Waals surface area contributed by atoms with E-state index in [0.717, 1.165) is 12.1 Å². The van der Waals surface area contributed by atoms with Crippen molar-refractivity contribution in [2.45, 2.75) is 25.6 Å². The fourth-order valence-electron chi connectivity index (χ4n) is 2.40. The first-order chi connectivity index (χ1) is 9.70. The summed E-state index contributed by atoms with van der Waals surface area (Å²) >= 11 is 0. The van der Waals surface area contributed by atoms with E-state index in [1.165, 1.54) is 0 Å². The molecule has 1 aliphatic heterocycles. The fraction of sp³-hybridized carbons (Fsp3) is 0.538. The number of nitrogens with zero attached hydrogens (tertiary/aromatic N) is 2. The molecule has 2 heterocycles. The minimum atomic E-state index is -4.57. The Morgan fingerprint density at radius 3 is 2.62 bits per heavy atom. The van der Waals surface area contributed by atoms with Crippen LogP contribution in [0.3, 0.4) is 0 Å². The molecule has 4 N–H and O–H groups in total. The Morgan fingerprint density at radius 2 is 2.10 bits per heavy atom. The highest BCUT2D eigenvalue weighted by Gasteiger charge is 2.35. The van der Waals surface area contributed by atoms with E-state index in [2.05, 4.69) is 4.98 Å². The molecular formula is C13H17F3N4O. The number of primary amides is 1. The van der Waals surface area contributed by atoms with E-state index in [4.69, 9.17) is 11.5 Å². The second-order valence-electron chi connectivity index (χ2n) is 5.31.